The number of aromatic nitrogens is 2. The molecule has 3 aromatic carbocycles. The number of hydrogen-bond donors (Lipinski definition) is 2. The summed E-state index contributed by atoms with van der Waals surface area (Å²) in [6.45, 7) is 4.29. The van der Waals surface area contributed by atoms with E-state index in [4.69, 9.17) is 14.2 Å². The fourth-order valence-electron chi connectivity index (χ4n) is 5.09. The topological polar surface area (TPSA) is 59.3 Å². The van der Waals surface area contributed by atoms with Crippen LogP contribution in [-0.2, 0) is 0 Å². The summed E-state index contributed by atoms with van der Waals surface area (Å²) < 4.78 is 17.0. The first-order chi connectivity index (χ1) is 16.1. The Labute approximate surface area is 193 Å². The van der Waals surface area contributed by atoms with Crippen LogP contribution < -0.4 is 14.2 Å². The summed E-state index contributed by atoms with van der Waals surface area (Å²) in [5.74, 6) is 1.83. The molecular weight excluding hydrogens is 412 g/mol. The molecule has 2 heterocycles. The van der Waals surface area contributed by atoms with Gasteiger partial charge in [-0.1, -0.05) is 36.4 Å². The lowest BCUT2D eigenvalue weighted by molar-refractivity contribution is 0.323. The summed E-state index contributed by atoms with van der Waals surface area (Å²) in [6, 6.07) is 21.1. The number of aryl methyl sites for hydroxylation is 2. The van der Waals surface area contributed by atoms with Crippen molar-refractivity contribution in [3.63, 3.8) is 0 Å². The molecule has 5 nitrogen and oxygen atoms in total. The van der Waals surface area contributed by atoms with Crippen LogP contribution in [-0.4, -0.2) is 31.3 Å². The average Bonchev–Trinajstić information content (AvgIpc) is 3.34. The highest BCUT2D eigenvalue weighted by molar-refractivity contribution is 5.91. The number of nitrogens with one attached hydrogen (secondary N) is 2. The van der Waals surface area contributed by atoms with Crippen LogP contribution in [0.2, 0.25) is 0 Å². The molecule has 0 fully saturated rings. The minimum absolute atomic E-state index is 0.0500. The van der Waals surface area contributed by atoms with Gasteiger partial charge in [-0.05, 0) is 54.8 Å². The van der Waals surface area contributed by atoms with Crippen molar-refractivity contribution >= 4 is 21.8 Å². The highest BCUT2D eigenvalue weighted by atomic mass is 16.5. The van der Waals surface area contributed by atoms with Gasteiger partial charge in [0.05, 0.1) is 21.3 Å². The Morgan fingerprint density at radius 2 is 1.09 bits per heavy atom. The van der Waals surface area contributed by atoms with E-state index in [1.165, 1.54) is 21.9 Å². The molecule has 0 atom stereocenters. The van der Waals surface area contributed by atoms with Gasteiger partial charge >= 0.3 is 0 Å². The van der Waals surface area contributed by atoms with Gasteiger partial charge in [-0.3, -0.25) is 0 Å². The SMILES string of the molecule is COc1cc(C(c2c(C)[nH]c3ccccc23)c2c(C)[nH]c3ccccc23)cc(OC)c1OC. The van der Waals surface area contributed by atoms with Crippen LogP contribution in [0.25, 0.3) is 21.8 Å². The standard InChI is InChI=1S/C28H28N2O3/c1-16-25(19-10-6-8-12-21(19)29-16)27(26-17(2)30-22-13-9-7-11-20(22)26)18-14-23(31-3)28(33-5)24(15-18)32-4/h6-15,27,29-30H,1-5H3. The first kappa shape index (κ1) is 21.0. The Kier molecular flexibility index (Phi) is 5.25. The molecule has 2 aromatic heterocycles. The van der Waals surface area contributed by atoms with E-state index in [-0.39, 0.29) is 5.92 Å². The molecule has 2 N–H and O–H groups in total. The van der Waals surface area contributed by atoms with E-state index in [1.807, 2.05) is 0 Å². The summed E-state index contributed by atoms with van der Waals surface area (Å²) in [5, 5.41) is 2.41. The number of aromatic amines is 2. The number of fused-ring (bicyclic) bond motifs is 2. The van der Waals surface area contributed by atoms with Crippen LogP contribution >= 0.6 is 0 Å². The van der Waals surface area contributed by atoms with Crippen LogP contribution in [0.5, 0.6) is 17.2 Å². The molecular formula is C28H28N2O3. The molecule has 5 rings (SSSR count). The monoisotopic (exact) mass is 440 g/mol. The molecule has 0 spiro atoms. The normalized spacial score (nSPS) is 11.5. The molecule has 33 heavy (non-hydrogen) atoms. The number of para-hydroxylation sites is 2. The maximum Gasteiger partial charge on any atom is 0.203 e. The van der Waals surface area contributed by atoms with Gasteiger partial charge in [-0.15, -0.1) is 0 Å². The van der Waals surface area contributed by atoms with Crippen LogP contribution in [0.1, 0.15) is 34.0 Å². The van der Waals surface area contributed by atoms with Gasteiger partial charge in [-0.2, -0.15) is 0 Å². The van der Waals surface area contributed by atoms with Gasteiger partial charge in [0, 0.05) is 39.1 Å². The largest absolute Gasteiger partial charge is 0.493 e. The van der Waals surface area contributed by atoms with Crippen molar-refractivity contribution in [1.29, 1.82) is 0 Å². The van der Waals surface area contributed by atoms with Crippen LogP contribution in [0.15, 0.2) is 60.7 Å². The molecule has 0 aliphatic rings. The van der Waals surface area contributed by atoms with E-state index in [1.54, 1.807) is 21.3 Å². The molecule has 0 saturated heterocycles. The van der Waals surface area contributed by atoms with Crippen LogP contribution in [0.3, 0.4) is 0 Å². The minimum atomic E-state index is -0.0500. The van der Waals surface area contributed by atoms with E-state index in [2.05, 4.69) is 84.5 Å². The van der Waals surface area contributed by atoms with E-state index in [0.29, 0.717) is 17.2 Å². The third-order valence-electron chi connectivity index (χ3n) is 6.48. The first-order valence-electron chi connectivity index (χ1n) is 11.0. The highest BCUT2D eigenvalue weighted by Gasteiger charge is 2.29. The number of ether oxygens (including phenoxy) is 3. The van der Waals surface area contributed by atoms with Crippen molar-refractivity contribution in [3.05, 3.63) is 88.7 Å². The Balaban J connectivity index is 1.89. The summed E-state index contributed by atoms with van der Waals surface area (Å²) in [5.41, 5.74) is 8.09. The van der Waals surface area contributed by atoms with Crippen molar-refractivity contribution in [2.75, 3.05) is 21.3 Å². The van der Waals surface area contributed by atoms with Crippen molar-refractivity contribution in [3.8, 4) is 17.2 Å². The van der Waals surface area contributed by atoms with E-state index < -0.39 is 0 Å². The number of benzene rings is 3. The Hall–Kier alpha value is -3.86. The van der Waals surface area contributed by atoms with E-state index in [0.717, 1.165) is 28.0 Å². The second-order valence-electron chi connectivity index (χ2n) is 8.31. The van der Waals surface area contributed by atoms with Crippen molar-refractivity contribution in [1.82, 2.24) is 9.97 Å². The molecule has 0 aliphatic heterocycles. The van der Waals surface area contributed by atoms with Crippen LogP contribution in [0.4, 0.5) is 0 Å². The number of rotatable bonds is 6. The zero-order valence-electron chi connectivity index (χ0n) is 19.6. The molecule has 0 bridgehead atoms. The second-order valence-corrected chi connectivity index (χ2v) is 8.31. The number of H-pyrrole nitrogens is 2. The predicted octanol–water partition coefficient (Wildman–Crippen LogP) is 6.47. The fraction of sp³-hybridized carbons (Fsp3) is 0.214. The molecule has 0 aliphatic carbocycles. The molecule has 0 unspecified atom stereocenters. The summed E-state index contributed by atoms with van der Waals surface area (Å²) >= 11 is 0. The predicted molar refractivity (Wildman–Crippen MR) is 133 cm³/mol. The van der Waals surface area contributed by atoms with Gasteiger partial charge in [0.1, 0.15) is 0 Å². The van der Waals surface area contributed by atoms with E-state index in [9.17, 15) is 0 Å². The fourth-order valence-corrected chi connectivity index (χ4v) is 5.09. The van der Waals surface area contributed by atoms with Gasteiger partial charge in [0.2, 0.25) is 5.75 Å². The van der Waals surface area contributed by atoms with Crippen molar-refractivity contribution in [2.24, 2.45) is 0 Å². The smallest absolute Gasteiger partial charge is 0.203 e. The quantitative estimate of drug-likeness (QED) is 0.318. The molecule has 5 heteroatoms. The van der Waals surface area contributed by atoms with Gasteiger partial charge in [0.15, 0.2) is 11.5 Å². The van der Waals surface area contributed by atoms with Gasteiger partial charge < -0.3 is 24.2 Å². The first-order valence-corrected chi connectivity index (χ1v) is 11.0. The summed E-state index contributed by atoms with van der Waals surface area (Å²) in [7, 11) is 4.94. The van der Waals surface area contributed by atoms with Crippen molar-refractivity contribution in [2.45, 2.75) is 19.8 Å². The maximum absolute atomic E-state index is 5.72. The molecule has 0 radical (unpaired) electrons. The molecule has 0 amide bonds. The summed E-state index contributed by atoms with van der Waals surface area (Å²) in [4.78, 5) is 7.18. The Morgan fingerprint density at radius 3 is 1.52 bits per heavy atom. The molecule has 168 valence electrons. The average molecular weight is 441 g/mol. The third kappa shape index (κ3) is 3.32. The number of methoxy groups -OCH3 is 3. The van der Waals surface area contributed by atoms with Crippen LogP contribution in [0, 0.1) is 13.8 Å². The van der Waals surface area contributed by atoms with Crippen molar-refractivity contribution < 1.29 is 14.2 Å². The second kappa shape index (κ2) is 8.24. The lowest BCUT2D eigenvalue weighted by Crippen LogP contribution is -2.07. The molecule has 0 saturated carbocycles. The van der Waals surface area contributed by atoms with Gasteiger partial charge in [0.25, 0.3) is 0 Å². The zero-order valence-corrected chi connectivity index (χ0v) is 19.6. The Bertz CT molecular complexity index is 1360. The zero-order chi connectivity index (χ0) is 23.1. The third-order valence-corrected chi connectivity index (χ3v) is 6.48. The molecule has 5 aromatic rings. The lowest BCUT2D eigenvalue weighted by atomic mass is 9.82. The maximum atomic E-state index is 5.72. The lowest BCUT2D eigenvalue weighted by Gasteiger charge is -2.22. The highest BCUT2D eigenvalue weighted by Crippen LogP contribution is 2.47. The number of hydrogen-bond acceptors (Lipinski definition) is 3. The summed E-state index contributed by atoms with van der Waals surface area (Å²) in [6.07, 6.45) is 0. The minimum Gasteiger partial charge on any atom is -0.493 e. The van der Waals surface area contributed by atoms with E-state index >= 15 is 0 Å². The van der Waals surface area contributed by atoms with Gasteiger partial charge in [-0.25, -0.2) is 0 Å². The Morgan fingerprint density at radius 1 is 0.636 bits per heavy atom.